The van der Waals surface area contributed by atoms with Crippen molar-refractivity contribution in [3.05, 3.63) is 84.9 Å². The first-order chi connectivity index (χ1) is 22.7. The van der Waals surface area contributed by atoms with Crippen LogP contribution in [0.15, 0.2) is 84.9 Å². The van der Waals surface area contributed by atoms with E-state index in [2.05, 4.69) is 76.2 Å². The maximum absolute atomic E-state index is 6.61. The highest BCUT2D eigenvalue weighted by atomic mass is 16.7. The lowest BCUT2D eigenvalue weighted by atomic mass is 9.59. The summed E-state index contributed by atoms with van der Waals surface area (Å²) < 4.78 is 12.8. The molecule has 0 unspecified atom stereocenters. The van der Waals surface area contributed by atoms with Crippen LogP contribution in [0.2, 0.25) is 0 Å². The molecule has 0 aliphatic carbocycles. The molecule has 48 heavy (non-hydrogen) atoms. The van der Waals surface area contributed by atoms with Crippen molar-refractivity contribution >= 4 is 127 Å². The summed E-state index contributed by atoms with van der Waals surface area (Å²) in [6, 6.07) is 29.2. The Morgan fingerprint density at radius 3 is 1.58 bits per heavy atom. The van der Waals surface area contributed by atoms with Gasteiger partial charge in [-0.15, -0.1) is 16.4 Å². The number of rotatable bonds is 4. The molecule has 0 saturated carbocycles. The predicted molar refractivity (Wildman–Crippen MR) is 211 cm³/mol. The Hall–Kier alpha value is -3.72. The minimum atomic E-state index is -0.486. The Kier molecular flexibility index (Phi) is 8.00. The standard InChI is InChI=1S/C38H26B8O2/c1-37(2)38(3,4)48-46(47-37)24-14-15-25(19-8-6-5-7-9-19)26(18-24)22-12-10-21-17-23(13-11-20(21)16-22)27-28-29(32(41)34(43)30(27)39)33(42)36(45)35(44)31(28)40/h5-18H,1-4H3. The van der Waals surface area contributed by atoms with E-state index in [1.165, 1.54) is 0 Å². The van der Waals surface area contributed by atoms with E-state index >= 15 is 0 Å². The first kappa shape index (κ1) is 32.8. The van der Waals surface area contributed by atoms with Crippen molar-refractivity contribution in [2.24, 2.45) is 0 Å². The molecule has 7 rings (SSSR count). The molecule has 6 aromatic carbocycles. The van der Waals surface area contributed by atoms with Crippen LogP contribution in [0.25, 0.3) is 54.9 Å². The van der Waals surface area contributed by atoms with Gasteiger partial charge in [-0.25, -0.2) is 0 Å². The van der Waals surface area contributed by atoms with Gasteiger partial charge in [-0.2, -0.15) is 0 Å². The Morgan fingerprint density at radius 1 is 0.458 bits per heavy atom. The molecule has 1 heterocycles. The highest BCUT2D eigenvalue weighted by molar-refractivity contribution is 6.71. The molecule has 0 bridgehead atoms. The third-order valence-corrected chi connectivity index (χ3v) is 10.1. The number of benzene rings is 6. The van der Waals surface area contributed by atoms with E-state index in [1.807, 2.05) is 36.4 Å². The first-order valence-corrected chi connectivity index (χ1v) is 15.8. The van der Waals surface area contributed by atoms with Gasteiger partial charge in [-0.3, -0.25) is 0 Å². The molecule has 0 amide bonds. The normalized spacial score (nSPS) is 15.4. The van der Waals surface area contributed by atoms with Crippen molar-refractivity contribution in [3.63, 3.8) is 0 Å². The van der Waals surface area contributed by atoms with Crippen LogP contribution in [0, 0.1) is 0 Å². The van der Waals surface area contributed by atoms with E-state index in [1.54, 1.807) is 0 Å². The van der Waals surface area contributed by atoms with Gasteiger partial charge in [-0.05, 0) is 100 Å². The third-order valence-electron chi connectivity index (χ3n) is 10.1. The van der Waals surface area contributed by atoms with Crippen LogP contribution in [-0.2, 0) is 9.31 Å². The zero-order valence-corrected chi connectivity index (χ0v) is 27.5. The second-order valence-electron chi connectivity index (χ2n) is 13.6. The van der Waals surface area contributed by atoms with Crippen molar-refractivity contribution < 1.29 is 9.31 Å². The van der Waals surface area contributed by atoms with E-state index in [0.29, 0.717) is 21.8 Å². The highest BCUT2D eigenvalue weighted by Crippen LogP contribution is 2.38. The monoisotopic (exact) mass is 602 g/mol. The van der Waals surface area contributed by atoms with Crippen LogP contribution in [0.3, 0.4) is 0 Å². The van der Waals surface area contributed by atoms with Gasteiger partial charge in [-0.1, -0.05) is 94.6 Å². The van der Waals surface area contributed by atoms with Gasteiger partial charge < -0.3 is 9.31 Å². The molecule has 1 aliphatic rings. The Balaban J connectivity index is 1.38. The fraction of sp³-hybridized carbons (Fsp3) is 0.158. The van der Waals surface area contributed by atoms with Crippen LogP contribution >= 0.6 is 0 Å². The summed E-state index contributed by atoms with van der Waals surface area (Å²) in [6.45, 7) is 8.25. The summed E-state index contributed by atoms with van der Waals surface area (Å²) in [5.74, 6) is 0. The summed E-state index contributed by atoms with van der Waals surface area (Å²) in [6.07, 6.45) is 0. The van der Waals surface area contributed by atoms with E-state index in [9.17, 15) is 0 Å². The Bertz CT molecular complexity index is 2260. The molecule has 2 nitrogen and oxygen atoms in total. The topological polar surface area (TPSA) is 18.5 Å². The maximum atomic E-state index is 6.61. The zero-order valence-electron chi connectivity index (χ0n) is 27.5. The smallest absolute Gasteiger partial charge is 0.399 e. The van der Waals surface area contributed by atoms with E-state index in [0.717, 1.165) is 44.1 Å². The molecular formula is C38H26B8O2. The van der Waals surface area contributed by atoms with Gasteiger partial charge in [0.15, 0.2) is 0 Å². The van der Waals surface area contributed by atoms with Crippen LogP contribution in [-0.4, -0.2) is 73.2 Å². The summed E-state index contributed by atoms with van der Waals surface area (Å²) in [4.78, 5) is 0. The van der Waals surface area contributed by atoms with Crippen molar-refractivity contribution in [2.75, 3.05) is 0 Å². The lowest BCUT2D eigenvalue weighted by molar-refractivity contribution is 0.00578. The first-order valence-electron chi connectivity index (χ1n) is 15.8. The molecule has 0 N–H and O–H groups in total. The molecule has 214 valence electrons. The minimum absolute atomic E-state index is 0.158. The van der Waals surface area contributed by atoms with Gasteiger partial charge in [0.2, 0.25) is 0 Å². The van der Waals surface area contributed by atoms with Crippen molar-refractivity contribution in [3.8, 4) is 33.4 Å². The zero-order chi connectivity index (χ0) is 34.3. The van der Waals surface area contributed by atoms with Gasteiger partial charge in [0, 0.05) is 0 Å². The predicted octanol–water partition coefficient (Wildman–Crippen LogP) is 0.850. The van der Waals surface area contributed by atoms with Crippen molar-refractivity contribution in [1.29, 1.82) is 0 Å². The number of hydrogen-bond donors (Lipinski definition) is 0. The molecule has 14 radical (unpaired) electrons. The summed E-state index contributed by atoms with van der Waals surface area (Å²) in [5, 5.41) is 2.97. The fourth-order valence-corrected chi connectivity index (χ4v) is 6.58. The van der Waals surface area contributed by atoms with E-state index in [-0.39, 0.29) is 32.8 Å². The quantitative estimate of drug-likeness (QED) is 0.280. The Labute approximate surface area is 292 Å². The van der Waals surface area contributed by atoms with Crippen LogP contribution in [0.1, 0.15) is 27.7 Å². The van der Waals surface area contributed by atoms with E-state index in [4.69, 9.17) is 64.2 Å². The molecule has 1 aliphatic heterocycles. The second-order valence-corrected chi connectivity index (χ2v) is 13.6. The third kappa shape index (κ3) is 5.15. The summed E-state index contributed by atoms with van der Waals surface area (Å²) in [5.41, 5.74) is 7.28. The Morgan fingerprint density at radius 2 is 0.979 bits per heavy atom. The largest absolute Gasteiger partial charge is 0.494 e. The molecule has 10 heteroatoms. The van der Waals surface area contributed by atoms with Gasteiger partial charge >= 0.3 is 7.12 Å². The molecule has 0 atom stereocenters. The lowest BCUT2D eigenvalue weighted by Crippen LogP contribution is -2.52. The molecule has 0 spiro atoms. The molecule has 1 fully saturated rings. The number of hydrogen-bond acceptors (Lipinski definition) is 2. The SMILES string of the molecule is [B]c1c([B])c([B])c2c(-c3ccc4cc(-c5cc(B6OC(C)(C)C(C)(C)O6)ccc5-c5ccccc5)ccc4c3)c([B])c([B])c([B])c2c1[B]. The molecule has 0 aromatic heterocycles. The second kappa shape index (κ2) is 11.7. The lowest BCUT2D eigenvalue weighted by Gasteiger charge is -2.32. The van der Waals surface area contributed by atoms with Crippen LogP contribution in [0.5, 0.6) is 0 Å². The fourth-order valence-electron chi connectivity index (χ4n) is 6.58. The van der Waals surface area contributed by atoms with Crippen LogP contribution < -0.4 is 43.7 Å². The number of fused-ring (bicyclic) bond motifs is 2. The average molecular weight is 601 g/mol. The van der Waals surface area contributed by atoms with Gasteiger partial charge in [0.05, 0.1) is 11.2 Å². The minimum Gasteiger partial charge on any atom is -0.399 e. The molecule has 1 saturated heterocycles. The summed E-state index contributed by atoms with van der Waals surface area (Å²) in [7, 11) is 44.3. The van der Waals surface area contributed by atoms with Gasteiger partial charge in [0.25, 0.3) is 0 Å². The molecular weight excluding hydrogens is 575 g/mol. The maximum Gasteiger partial charge on any atom is 0.494 e. The average Bonchev–Trinajstić information content (AvgIpc) is 3.30. The summed E-state index contributed by atoms with van der Waals surface area (Å²) >= 11 is 0. The van der Waals surface area contributed by atoms with Crippen molar-refractivity contribution in [1.82, 2.24) is 0 Å². The van der Waals surface area contributed by atoms with Crippen molar-refractivity contribution in [2.45, 2.75) is 38.9 Å². The van der Waals surface area contributed by atoms with Crippen LogP contribution in [0.4, 0.5) is 0 Å². The molecule has 6 aromatic rings. The highest BCUT2D eigenvalue weighted by Gasteiger charge is 2.51. The van der Waals surface area contributed by atoms with E-state index < -0.39 is 18.3 Å². The van der Waals surface area contributed by atoms with Gasteiger partial charge in [0.1, 0.15) is 54.9 Å².